The van der Waals surface area contributed by atoms with Gasteiger partial charge in [0.2, 0.25) is 0 Å². The van der Waals surface area contributed by atoms with Crippen molar-refractivity contribution in [3.8, 4) is 0 Å². The molecule has 1 heterocycles. The van der Waals surface area contributed by atoms with E-state index in [0.717, 1.165) is 0 Å². The summed E-state index contributed by atoms with van der Waals surface area (Å²) in [4.78, 5) is 12.9. The van der Waals surface area contributed by atoms with E-state index in [-0.39, 0.29) is 5.11 Å². The van der Waals surface area contributed by atoms with Crippen LogP contribution in [0.1, 0.15) is 10.5 Å². The monoisotopic (exact) mass is 186 g/mol. The van der Waals surface area contributed by atoms with E-state index in [2.05, 4.69) is 28.7 Å². The van der Waals surface area contributed by atoms with E-state index in [1.807, 2.05) is 0 Å². The molecule has 5 nitrogen and oxygen atoms in total. The van der Waals surface area contributed by atoms with E-state index in [9.17, 15) is 4.79 Å². The molecule has 6 heteroatoms. The Balaban J connectivity index is 0.000000261. The summed E-state index contributed by atoms with van der Waals surface area (Å²) in [6.07, 6.45) is 1.65. The zero-order chi connectivity index (χ0) is 9.56. The third-order valence-corrected chi connectivity index (χ3v) is 0.863. The van der Waals surface area contributed by atoms with Crippen LogP contribution in [0, 0.1) is 0 Å². The Hall–Kier alpha value is -1.56. The van der Waals surface area contributed by atoms with Crippen LogP contribution in [0.5, 0.6) is 0 Å². The number of rotatable bonds is 1. The van der Waals surface area contributed by atoms with E-state index in [1.54, 1.807) is 18.3 Å². The number of hydrogen-bond donors (Lipinski definition) is 4. The molecule has 0 aliphatic carbocycles. The van der Waals surface area contributed by atoms with Crippen molar-refractivity contribution in [3.63, 3.8) is 0 Å². The number of aromatic amines is 1. The molecule has 0 atom stereocenters. The molecule has 0 fully saturated rings. The maximum absolute atomic E-state index is 10.3. The zero-order valence-electron chi connectivity index (χ0n) is 6.28. The quantitative estimate of drug-likeness (QED) is 0.435. The Morgan fingerprint density at radius 1 is 1.42 bits per heavy atom. The van der Waals surface area contributed by atoms with Crippen molar-refractivity contribution in [2.24, 2.45) is 17.2 Å². The molecule has 0 saturated heterocycles. The third kappa shape index (κ3) is 5.24. The van der Waals surface area contributed by atoms with Gasteiger partial charge in [-0.3, -0.25) is 4.79 Å². The topological polar surface area (TPSA) is 111 Å². The first-order chi connectivity index (χ1) is 5.54. The number of nitrogens with two attached hydrogens (primary N) is 3. The van der Waals surface area contributed by atoms with Crippen LogP contribution in [-0.2, 0) is 0 Å². The molecule has 12 heavy (non-hydrogen) atoms. The second-order valence-corrected chi connectivity index (χ2v) is 2.32. The minimum atomic E-state index is -0.421. The fraction of sp³-hybridized carbons (Fsp3) is 0. The van der Waals surface area contributed by atoms with Gasteiger partial charge < -0.3 is 22.2 Å². The van der Waals surface area contributed by atoms with Gasteiger partial charge in [-0.25, -0.2) is 0 Å². The molecular weight excluding hydrogens is 176 g/mol. The molecule has 0 radical (unpaired) electrons. The van der Waals surface area contributed by atoms with Gasteiger partial charge in [-0.1, -0.05) is 0 Å². The van der Waals surface area contributed by atoms with Gasteiger partial charge in [0, 0.05) is 6.20 Å². The maximum atomic E-state index is 10.3. The highest BCUT2D eigenvalue weighted by Crippen LogP contribution is 1.89. The molecule has 0 aliphatic rings. The molecule has 66 valence electrons. The molecule has 1 amide bonds. The van der Waals surface area contributed by atoms with Gasteiger partial charge in [0.25, 0.3) is 5.91 Å². The molecular formula is C6H10N4OS. The maximum Gasteiger partial charge on any atom is 0.265 e. The van der Waals surface area contributed by atoms with Crippen LogP contribution in [-0.4, -0.2) is 16.0 Å². The van der Waals surface area contributed by atoms with Gasteiger partial charge in [-0.05, 0) is 24.4 Å². The van der Waals surface area contributed by atoms with E-state index in [1.165, 1.54) is 0 Å². The fourth-order valence-electron chi connectivity index (χ4n) is 0.484. The molecule has 0 spiro atoms. The summed E-state index contributed by atoms with van der Waals surface area (Å²) in [6.45, 7) is 0. The van der Waals surface area contributed by atoms with Crippen molar-refractivity contribution >= 4 is 23.2 Å². The minimum Gasteiger partial charge on any atom is -0.377 e. The molecule has 1 rings (SSSR count). The van der Waals surface area contributed by atoms with Crippen LogP contribution < -0.4 is 17.2 Å². The molecule has 1 aromatic rings. The number of nitrogens with one attached hydrogen (secondary N) is 1. The Morgan fingerprint density at radius 2 is 1.92 bits per heavy atom. The summed E-state index contributed by atoms with van der Waals surface area (Å²) in [7, 11) is 0. The van der Waals surface area contributed by atoms with Crippen LogP contribution in [0.3, 0.4) is 0 Å². The van der Waals surface area contributed by atoms with Gasteiger partial charge in [0.15, 0.2) is 5.11 Å². The standard InChI is InChI=1S/C5H6N2O.CH4N2S/c6-5(8)4-2-1-3-7-4;2-1(3)4/h1-3,7H,(H2,6,8);(H4,2,3,4). The van der Waals surface area contributed by atoms with E-state index < -0.39 is 5.91 Å². The van der Waals surface area contributed by atoms with Crippen LogP contribution in [0.25, 0.3) is 0 Å². The van der Waals surface area contributed by atoms with Crippen molar-refractivity contribution in [1.29, 1.82) is 0 Å². The summed E-state index contributed by atoms with van der Waals surface area (Å²) in [6, 6.07) is 3.35. The number of thiocarbonyl (C=S) groups is 1. The van der Waals surface area contributed by atoms with Gasteiger partial charge in [0.1, 0.15) is 5.69 Å². The number of carbonyl (C=O) groups is 1. The first kappa shape index (κ1) is 10.4. The summed E-state index contributed by atoms with van der Waals surface area (Å²) >= 11 is 4.09. The lowest BCUT2D eigenvalue weighted by Gasteiger charge is -1.82. The van der Waals surface area contributed by atoms with Crippen LogP contribution in [0.4, 0.5) is 0 Å². The number of aromatic nitrogens is 1. The first-order valence-corrected chi connectivity index (χ1v) is 3.43. The molecule has 0 aromatic carbocycles. The average molecular weight is 186 g/mol. The Bertz CT molecular complexity index is 253. The van der Waals surface area contributed by atoms with Crippen molar-refractivity contribution < 1.29 is 4.79 Å². The van der Waals surface area contributed by atoms with E-state index in [4.69, 9.17) is 5.73 Å². The lowest BCUT2D eigenvalue weighted by molar-refractivity contribution is 0.0996. The zero-order valence-corrected chi connectivity index (χ0v) is 7.10. The minimum absolute atomic E-state index is 0.000000000000000222. The molecule has 0 bridgehead atoms. The Labute approximate surface area is 74.9 Å². The molecule has 1 aromatic heterocycles. The van der Waals surface area contributed by atoms with Crippen molar-refractivity contribution in [2.45, 2.75) is 0 Å². The molecule has 0 unspecified atom stereocenters. The van der Waals surface area contributed by atoms with Crippen molar-refractivity contribution in [1.82, 2.24) is 4.98 Å². The van der Waals surface area contributed by atoms with Gasteiger partial charge in [-0.2, -0.15) is 0 Å². The number of hydrogen-bond acceptors (Lipinski definition) is 2. The SMILES string of the molecule is NC(=O)c1ccc[nH]1.NC(N)=S. The summed E-state index contributed by atoms with van der Waals surface area (Å²) in [5.74, 6) is -0.421. The molecule has 7 N–H and O–H groups in total. The highest BCUT2D eigenvalue weighted by molar-refractivity contribution is 7.80. The highest BCUT2D eigenvalue weighted by Gasteiger charge is 1.95. The Kier molecular flexibility index (Phi) is 4.47. The second-order valence-electron chi connectivity index (χ2n) is 1.85. The van der Waals surface area contributed by atoms with Gasteiger partial charge in [0.05, 0.1) is 0 Å². The summed E-state index contributed by atoms with van der Waals surface area (Å²) in [5.41, 5.74) is 14.6. The van der Waals surface area contributed by atoms with Crippen LogP contribution in [0.2, 0.25) is 0 Å². The lowest BCUT2D eigenvalue weighted by atomic mass is 10.4. The normalized spacial score (nSPS) is 8.00. The molecule has 0 saturated carbocycles. The van der Waals surface area contributed by atoms with Crippen LogP contribution >= 0.6 is 12.2 Å². The first-order valence-electron chi connectivity index (χ1n) is 3.02. The van der Waals surface area contributed by atoms with Crippen LogP contribution in [0.15, 0.2) is 18.3 Å². The largest absolute Gasteiger partial charge is 0.377 e. The number of carbonyl (C=O) groups excluding carboxylic acids is 1. The van der Waals surface area contributed by atoms with Crippen molar-refractivity contribution in [2.75, 3.05) is 0 Å². The average Bonchev–Trinajstić information content (AvgIpc) is 2.34. The fourth-order valence-corrected chi connectivity index (χ4v) is 0.484. The lowest BCUT2D eigenvalue weighted by Crippen LogP contribution is -2.18. The smallest absolute Gasteiger partial charge is 0.265 e. The highest BCUT2D eigenvalue weighted by atomic mass is 32.1. The predicted molar refractivity (Wildman–Crippen MR) is 50.3 cm³/mol. The third-order valence-electron chi connectivity index (χ3n) is 0.863. The predicted octanol–water partition coefficient (Wildman–Crippen LogP) is -0.698. The van der Waals surface area contributed by atoms with E-state index in [0.29, 0.717) is 5.69 Å². The van der Waals surface area contributed by atoms with Gasteiger partial charge >= 0.3 is 0 Å². The summed E-state index contributed by atoms with van der Waals surface area (Å²) < 4.78 is 0. The number of H-pyrrole nitrogens is 1. The van der Waals surface area contributed by atoms with Gasteiger partial charge in [-0.15, -0.1) is 0 Å². The Morgan fingerprint density at radius 3 is 2.08 bits per heavy atom. The number of primary amides is 1. The number of amides is 1. The molecule has 0 aliphatic heterocycles. The summed E-state index contributed by atoms with van der Waals surface area (Å²) in [5, 5.41) is 0.000000000000000222. The second kappa shape index (κ2) is 5.14. The van der Waals surface area contributed by atoms with Crippen molar-refractivity contribution in [3.05, 3.63) is 24.0 Å². The van der Waals surface area contributed by atoms with E-state index >= 15 is 0 Å².